The molecule has 0 aliphatic heterocycles. The number of rotatable bonds is 6. The highest BCUT2D eigenvalue weighted by Crippen LogP contribution is 2.43. The van der Waals surface area contributed by atoms with Gasteiger partial charge in [0.25, 0.3) is 0 Å². The Morgan fingerprint density at radius 1 is 1.11 bits per heavy atom. The highest BCUT2D eigenvalue weighted by molar-refractivity contribution is 7.15. The molecule has 2 heterocycles. The van der Waals surface area contributed by atoms with E-state index >= 15 is 0 Å². The average molecular weight is 550 g/mol. The third kappa shape index (κ3) is 5.63. The van der Waals surface area contributed by atoms with E-state index in [-0.39, 0.29) is 32.0 Å². The van der Waals surface area contributed by atoms with E-state index in [4.69, 9.17) is 16.3 Å². The number of nitrogens with zero attached hydrogens (tertiary/aromatic N) is 2. The Morgan fingerprint density at radius 2 is 1.81 bits per heavy atom. The SMILES string of the molecule is Cc1nc(-c2ccc(C(F)(F)F)cc2)sc1C(OCc1ccc(-c2noc(=O)[nH]2)c(Cl)c1)C(F)(F)F. The monoisotopic (exact) mass is 549 g/mol. The highest BCUT2D eigenvalue weighted by Gasteiger charge is 2.44. The summed E-state index contributed by atoms with van der Waals surface area (Å²) in [4.78, 5) is 17.3. The fourth-order valence-corrected chi connectivity index (χ4v) is 4.70. The van der Waals surface area contributed by atoms with Gasteiger partial charge in [-0.05, 0) is 36.8 Å². The fraction of sp³-hybridized carbons (Fsp3) is 0.227. The predicted molar refractivity (Wildman–Crippen MR) is 118 cm³/mol. The molecule has 2 aromatic carbocycles. The van der Waals surface area contributed by atoms with Crippen molar-refractivity contribution in [1.29, 1.82) is 0 Å². The van der Waals surface area contributed by atoms with Gasteiger partial charge in [-0.3, -0.25) is 9.51 Å². The number of nitrogens with one attached hydrogen (secondary N) is 1. The minimum absolute atomic E-state index is 0.0422. The number of thiazole rings is 1. The first-order valence-electron chi connectivity index (χ1n) is 10.0. The van der Waals surface area contributed by atoms with Crippen LogP contribution in [0, 0.1) is 6.92 Å². The van der Waals surface area contributed by atoms with Gasteiger partial charge in [-0.15, -0.1) is 11.3 Å². The van der Waals surface area contributed by atoms with Crippen LogP contribution in [0.25, 0.3) is 22.0 Å². The number of aromatic amines is 1. The van der Waals surface area contributed by atoms with Crippen LogP contribution in [0.1, 0.15) is 27.8 Å². The van der Waals surface area contributed by atoms with E-state index < -0.39 is 36.4 Å². The minimum Gasteiger partial charge on any atom is -0.358 e. The summed E-state index contributed by atoms with van der Waals surface area (Å²) in [5.41, 5.74) is 0.0278. The first-order valence-corrected chi connectivity index (χ1v) is 11.2. The van der Waals surface area contributed by atoms with Crippen molar-refractivity contribution in [3.63, 3.8) is 0 Å². The predicted octanol–water partition coefficient (Wildman–Crippen LogP) is 6.95. The molecule has 0 aliphatic carbocycles. The van der Waals surface area contributed by atoms with E-state index in [1.165, 1.54) is 25.1 Å². The molecule has 36 heavy (non-hydrogen) atoms. The minimum atomic E-state index is -4.79. The maximum Gasteiger partial charge on any atom is 0.439 e. The summed E-state index contributed by atoms with van der Waals surface area (Å²) < 4.78 is 89.7. The van der Waals surface area contributed by atoms with Crippen LogP contribution in [-0.2, 0) is 17.5 Å². The van der Waals surface area contributed by atoms with Gasteiger partial charge in [0, 0.05) is 11.1 Å². The zero-order valence-electron chi connectivity index (χ0n) is 18.0. The number of aromatic nitrogens is 3. The maximum absolute atomic E-state index is 13.9. The lowest BCUT2D eigenvalue weighted by atomic mass is 10.1. The molecule has 0 spiro atoms. The molecule has 1 N–H and O–H groups in total. The summed E-state index contributed by atoms with van der Waals surface area (Å²) >= 11 is 6.86. The molecule has 1 unspecified atom stereocenters. The van der Waals surface area contributed by atoms with E-state index in [2.05, 4.69) is 19.6 Å². The van der Waals surface area contributed by atoms with Crippen LogP contribution in [-0.4, -0.2) is 21.3 Å². The van der Waals surface area contributed by atoms with Crippen LogP contribution in [0.3, 0.4) is 0 Å². The van der Waals surface area contributed by atoms with E-state index in [9.17, 15) is 31.1 Å². The van der Waals surface area contributed by atoms with Crippen LogP contribution >= 0.6 is 22.9 Å². The number of benzene rings is 2. The number of ether oxygens (including phenoxy) is 1. The third-order valence-corrected chi connectivity index (χ3v) is 6.54. The van der Waals surface area contributed by atoms with Crippen LogP contribution in [0.4, 0.5) is 26.3 Å². The molecule has 1 atom stereocenters. The zero-order chi connectivity index (χ0) is 26.3. The molecular formula is C22H14ClF6N3O3S. The molecular weight excluding hydrogens is 536 g/mol. The van der Waals surface area contributed by atoms with Crippen LogP contribution in [0.15, 0.2) is 51.8 Å². The molecule has 0 fully saturated rings. The van der Waals surface area contributed by atoms with Crippen molar-refractivity contribution in [3.05, 3.63) is 79.7 Å². The molecule has 190 valence electrons. The highest BCUT2D eigenvalue weighted by atomic mass is 35.5. The lowest BCUT2D eigenvalue weighted by Crippen LogP contribution is -2.23. The Kier molecular flexibility index (Phi) is 6.99. The summed E-state index contributed by atoms with van der Waals surface area (Å²) in [7, 11) is 0. The molecule has 0 saturated carbocycles. The van der Waals surface area contributed by atoms with E-state index in [1.54, 1.807) is 0 Å². The number of aryl methyl sites for hydroxylation is 1. The number of alkyl halides is 6. The summed E-state index contributed by atoms with van der Waals surface area (Å²) in [5, 5.41) is 3.74. The molecule has 0 radical (unpaired) electrons. The van der Waals surface area contributed by atoms with E-state index in [0.29, 0.717) is 22.5 Å². The van der Waals surface area contributed by atoms with Gasteiger partial charge in [-0.1, -0.05) is 35.0 Å². The first-order chi connectivity index (χ1) is 16.8. The second-order valence-electron chi connectivity index (χ2n) is 7.53. The molecule has 4 aromatic rings. The van der Waals surface area contributed by atoms with Gasteiger partial charge in [-0.25, -0.2) is 9.78 Å². The van der Waals surface area contributed by atoms with E-state index in [1.807, 2.05) is 0 Å². The van der Waals surface area contributed by atoms with Crippen molar-refractivity contribution in [1.82, 2.24) is 15.1 Å². The third-order valence-electron chi connectivity index (χ3n) is 4.97. The fourth-order valence-electron chi connectivity index (χ4n) is 3.26. The quantitative estimate of drug-likeness (QED) is 0.263. The van der Waals surface area contributed by atoms with Crippen molar-refractivity contribution in [3.8, 4) is 22.0 Å². The summed E-state index contributed by atoms with van der Waals surface area (Å²) in [6, 6.07) is 8.24. The van der Waals surface area contributed by atoms with Crippen molar-refractivity contribution in [2.24, 2.45) is 0 Å². The zero-order valence-corrected chi connectivity index (χ0v) is 19.6. The van der Waals surface area contributed by atoms with Gasteiger partial charge in [0.15, 0.2) is 11.9 Å². The Morgan fingerprint density at radius 3 is 2.36 bits per heavy atom. The topological polar surface area (TPSA) is 81.0 Å². The molecule has 0 amide bonds. The van der Waals surface area contributed by atoms with Crippen molar-refractivity contribution in [2.75, 3.05) is 0 Å². The number of hydrogen-bond donors (Lipinski definition) is 1. The van der Waals surface area contributed by atoms with E-state index in [0.717, 1.165) is 24.3 Å². The lowest BCUT2D eigenvalue weighted by Gasteiger charge is -2.20. The number of halogens is 7. The normalized spacial score (nSPS) is 13.2. The van der Waals surface area contributed by atoms with Gasteiger partial charge in [-0.2, -0.15) is 26.3 Å². The number of H-pyrrole nitrogens is 1. The average Bonchev–Trinajstić information content (AvgIpc) is 3.38. The first kappa shape index (κ1) is 25.9. The molecule has 4 rings (SSSR count). The summed E-state index contributed by atoms with van der Waals surface area (Å²) in [5.74, 6) is -0.737. The van der Waals surface area contributed by atoms with Crippen LogP contribution in [0.5, 0.6) is 0 Å². The van der Waals surface area contributed by atoms with Gasteiger partial charge in [0.2, 0.25) is 0 Å². The smallest absolute Gasteiger partial charge is 0.358 e. The van der Waals surface area contributed by atoms with Crippen molar-refractivity contribution < 1.29 is 35.6 Å². The Hall–Kier alpha value is -3.16. The van der Waals surface area contributed by atoms with Gasteiger partial charge in [0.1, 0.15) is 5.01 Å². The summed E-state index contributed by atoms with van der Waals surface area (Å²) in [6.45, 7) is 0.901. The molecule has 0 bridgehead atoms. The molecule has 0 aliphatic rings. The molecule has 6 nitrogen and oxygen atoms in total. The van der Waals surface area contributed by atoms with Crippen molar-refractivity contribution in [2.45, 2.75) is 32.0 Å². The molecule has 2 aromatic heterocycles. The van der Waals surface area contributed by atoms with Gasteiger partial charge < -0.3 is 4.74 Å². The van der Waals surface area contributed by atoms with Crippen LogP contribution < -0.4 is 5.76 Å². The summed E-state index contributed by atoms with van der Waals surface area (Å²) in [6.07, 6.45) is -11.7. The second-order valence-corrected chi connectivity index (χ2v) is 8.97. The standard InChI is InChI=1S/C22H14ClF6N3O3S/c1-10-16(36-19(30-10)12-3-5-13(6-4-12)21(24,25)26)17(22(27,28)29)34-9-11-2-7-14(15(23)8-11)18-31-20(33)35-32-18/h2-8,17H,9H2,1H3,(H,31,32,33). The number of hydrogen-bond acceptors (Lipinski definition) is 6. The van der Waals surface area contributed by atoms with Crippen molar-refractivity contribution >= 4 is 22.9 Å². The molecule has 0 saturated heterocycles. The molecule has 14 heteroatoms. The largest absolute Gasteiger partial charge is 0.439 e. The Labute approximate surface area is 207 Å². The second kappa shape index (κ2) is 9.71. The van der Waals surface area contributed by atoms with Gasteiger partial charge >= 0.3 is 18.1 Å². The lowest BCUT2D eigenvalue weighted by molar-refractivity contribution is -0.226. The maximum atomic E-state index is 13.9. The van der Waals surface area contributed by atoms with Crippen LogP contribution in [0.2, 0.25) is 5.02 Å². The van der Waals surface area contributed by atoms with Gasteiger partial charge in [0.05, 0.1) is 27.8 Å². The Balaban J connectivity index is 1.56. The Bertz CT molecular complexity index is 1430.